The third-order valence-electron chi connectivity index (χ3n) is 7.15. The molecule has 0 unspecified atom stereocenters. The molecule has 0 radical (unpaired) electrons. The Morgan fingerprint density at radius 3 is 2.69 bits per heavy atom. The molecule has 1 N–H and O–H groups in total. The van der Waals surface area contributed by atoms with Gasteiger partial charge in [-0.3, -0.25) is 14.2 Å². The van der Waals surface area contributed by atoms with Gasteiger partial charge in [-0.25, -0.2) is 4.98 Å². The number of hydrogen-bond acceptors (Lipinski definition) is 4. The van der Waals surface area contributed by atoms with Crippen LogP contribution in [0.3, 0.4) is 0 Å². The smallest absolute Gasteiger partial charge is 0.256 e. The molecule has 7 heteroatoms. The number of anilines is 1. The van der Waals surface area contributed by atoms with Gasteiger partial charge in [-0.15, -0.1) is 0 Å². The second kappa shape index (κ2) is 7.77. The van der Waals surface area contributed by atoms with Crippen LogP contribution in [0.25, 0.3) is 21.8 Å². The van der Waals surface area contributed by atoms with Gasteiger partial charge in [0.05, 0.1) is 35.1 Å². The predicted octanol–water partition coefficient (Wildman–Crippen LogP) is 5.37. The number of fused-ring (bicyclic) bond motifs is 2. The molecular formula is C28H26N6O. The van der Waals surface area contributed by atoms with Crippen LogP contribution in [0.1, 0.15) is 64.8 Å². The first-order valence-electron chi connectivity index (χ1n) is 12.3. The Bertz CT molecular complexity index is 1600. The molecule has 35 heavy (non-hydrogen) atoms. The fraction of sp³-hybridized carbons (Fsp3) is 0.286. The summed E-state index contributed by atoms with van der Waals surface area (Å²) >= 11 is 0. The van der Waals surface area contributed by atoms with E-state index in [1.165, 1.54) is 16.3 Å². The zero-order chi connectivity index (χ0) is 23.5. The van der Waals surface area contributed by atoms with Gasteiger partial charge in [-0.2, -0.15) is 10.2 Å². The van der Waals surface area contributed by atoms with Gasteiger partial charge in [0.2, 0.25) is 0 Å². The molecule has 2 aliphatic rings. The van der Waals surface area contributed by atoms with Crippen LogP contribution in [0, 0.1) is 0 Å². The van der Waals surface area contributed by atoms with Gasteiger partial charge < -0.3 is 5.32 Å². The summed E-state index contributed by atoms with van der Waals surface area (Å²) in [6.45, 7) is 0.636. The summed E-state index contributed by atoms with van der Waals surface area (Å²) in [5.74, 6) is 0.759. The van der Waals surface area contributed by atoms with E-state index in [0.717, 1.165) is 48.1 Å². The maximum absolute atomic E-state index is 13.6. The first-order valence-corrected chi connectivity index (χ1v) is 12.3. The maximum Gasteiger partial charge on any atom is 0.256 e. The first kappa shape index (κ1) is 20.4. The summed E-state index contributed by atoms with van der Waals surface area (Å²) in [7, 11) is 1.93. The Labute approximate surface area is 202 Å². The third kappa shape index (κ3) is 3.67. The second-order valence-corrected chi connectivity index (χ2v) is 9.87. The van der Waals surface area contributed by atoms with E-state index in [1.54, 1.807) is 6.20 Å². The zero-order valence-corrected chi connectivity index (χ0v) is 19.6. The van der Waals surface area contributed by atoms with Gasteiger partial charge in [-0.05, 0) is 48.1 Å². The molecule has 2 aliphatic carbocycles. The van der Waals surface area contributed by atoms with Gasteiger partial charge in [0.25, 0.3) is 5.91 Å². The second-order valence-electron chi connectivity index (χ2n) is 9.87. The SMILES string of the molecule is Cn1nc(C2CC2)c2c(C(=O)Nc3cnn(Cc4cccc5ccccc45)c3)cc(C3CC3)nc21. The lowest BCUT2D eigenvalue weighted by atomic mass is 10.0. The van der Waals surface area contributed by atoms with Gasteiger partial charge in [0, 0.05) is 30.8 Å². The van der Waals surface area contributed by atoms with Crippen molar-refractivity contribution in [2.24, 2.45) is 7.05 Å². The van der Waals surface area contributed by atoms with E-state index >= 15 is 0 Å². The van der Waals surface area contributed by atoms with Crippen LogP contribution in [0.2, 0.25) is 0 Å². The van der Waals surface area contributed by atoms with E-state index in [4.69, 9.17) is 10.1 Å². The predicted molar refractivity (Wildman–Crippen MR) is 136 cm³/mol. The molecule has 5 aromatic rings. The molecule has 3 aromatic heterocycles. The lowest BCUT2D eigenvalue weighted by Crippen LogP contribution is -2.13. The number of benzene rings is 2. The molecule has 1 amide bonds. The normalized spacial score (nSPS) is 15.7. The highest BCUT2D eigenvalue weighted by molar-refractivity contribution is 6.12. The summed E-state index contributed by atoms with van der Waals surface area (Å²) < 4.78 is 3.71. The molecular weight excluding hydrogens is 436 g/mol. The molecule has 2 aromatic carbocycles. The Kier molecular flexibility index (Phi) is 4.52. The highest BCUT2D eigenvalue weighted by Crippen LogP contribution is 2.45. The number of aromatic nitrogens is 5. The van der Waals surface area contributed by atoms with E-state index in [9.17, 15) is 4.79 Å². The average molecular weight is 463 g/mol. The zero-order valence-electron chi connectivity index (χ0n) is 19.6. The first-order chi connectivity index (χ1) is 17.1. The van der Waals surface area contributed by atoms with Crippen LogP contribution < -0.4 is 5.32 Å². The quantitative estimate of drug-likeness (QED) is 0.368. The Morgan fingerprint density at radius 2 is 1.86 bits per heavy atom. The van der Waals surface area contributed by atoms with Crippen LogP contribution in [-0.4, -0.2) is 30.5 Å². The van der Waals surface area contributed by atoms with Crippen LogP contribution in [0.15, 0.2) is 60.9 Å². The van der Waals surface area contributed by atoms with E-state index in [2.05, 4.69) is 52.9 Å². The molecule has 0 spiro atoms. The van der Waals surface area contributed by atoms with Crippen molar-refractivity contribution in [1.82, 2.24) is 24.5 Å². The van der Waals surface area contributed by atoms with Crippen LogP contribution >= 0.6 is 0 Å². The van der Waals surface area contributed by atoms with Crippen molar-refractivity contribution >= 4 is 33.4 Å². The number of hydrogen-bond donors (Lipinski definition) is 1. The summed E-state index contributed by atoms with van der Waals surface area (Å²) in [5, 5.41) is 15.7. The van der Waals surface area contributed by atoms with Gasteiger partial charge in [0.15, 0.2) is 5.65 Å². The average Bonchev–Trinajstić information content (AvgIpc) is 3.81. The number of carbonyl (C=O) groups is 1. The summed E-state index contributed by atoms with van der Waals surface area (Å²) in [5.41, 5.74) is 5.37. The lowest BCUT2D eigenvalue weighted by molar-refractivity contribution is 0.102. The van der Waals surface area contributed by atoms with Crippen molar-refractivity contribution in [2.45, 2.75) is 44.1 Å². The van der Waals surface area contributed by atoms with Gasteiger partial charge >= 0.3 is 0 Å². The third-order valence-corrected chi connectivity index (χ3v) is 7.15. The summed E-state index contributed by atoms with van der Waals surface area (Å²) in [6, 6.07) is 16.7. The van der Waals surface area contributed by atoms with Crippen molar-refractivity contribution in [1.29, 1.82) is 0 Å². The minimum Gasteiger partial charge on any atom is -0.319 e. The molecule has 0 saturated heterocycles. The van der Waals surface area contributed by atoms with Crippen molar-refractivity contribution in [3.63, 3.8) is 0 Å². The Morgan fingerprint density at radius 1 is 1.06 bits per heavy atom. The standard InChI is InChI=1S/C28H26N6O/c1-33-27-25(26(32-33)19-11-12-19)23(13-24(31-27)18-9-10-18)28(35)30-21-14-29-34(16-21)15-20-7-4-6-17-5-2-3-8-22(17)20/h2-8,13-14,16,18-19H,9-12,15H2,1H3,(H,30,35). The van der Waals surface area contributed by atoms with Crippen LogP contribution in [-0.2, 0) is 13.6 Å². The number of carbonyl (C=O) groups excluding carboxylic acids is 1. The molecule has 2 fully saturated rings. The van der Waals surface area contributed by atoms with Crippen molar-refractivity contribution in [3.8, 4) is 0 Å². The fourth-order valence-corrected chi connectivity index (χ4v) is 5.02. The fourth-order valence-electron chi connectivity index (χ4n) is 5.02. The molecule has 174 valence electrons. The van der Waals surface area contributed by atoms with Crippen LogP contribution in [0.5, 0.6) is 0 Å². The lowest BCUT2D eigenvalue weighted by Gasteiger charge is -2.08. The highest BCUT2D eigenvalue weighted by Gasteiger charge is 2.33. The topological polar surface area (TPSA) is 77.6 Å². The Hall–Kier alpha value is -4.00. The van der Waals surface area contributed by atoms with E-state index in [1.807, 2.05) is 28.7 Å². The minimum atomic E-state index is -0.126. The monoisotopic (exact) mass is 462 g/mol. The molecule has 7 rings (SSSR count). The number of aryl methyl sites for hydroxylation is 1. The Balaban J connectivity index is 1.20. The molecule has 0 atom stereocenters. The van der Waals surface area contributed by atoms with E-state index in [-0.39, 0.29) is 5.91 Å². The summed E-state index contributed by atoms with van der Waals surface area (Å²) in [4.78, 5) is 18.5. The number of rotatable bonds is 6. The summed E-state index contributed by atoms with van der Waals surface area (Å²) in [6.07, 6.45) is 8.12. The number of amides is 1. The highest BCUT2D eigenvalue weighted by atomic mass is 16.1. The molecule has 7 nitrogen and oxygen atoms in total. The maximum atomic E-state index is 13.6. The van der Waals surface area contributed by atoms with Crippen molar-refractivity contribution in [3.05, 3.63) is 83.4 Å². The van der Waals surface area contributed by atoms with E-state index in [0.29, 0.717) is 29.6 Å². The molecule has 0 bridgehead atoms. The molecule has 0 aliphatic heterocycles. The number of nitrogens with zero attached hydrogens (tertiary/aromatic N) is 5. The van der Waals surface area contributed by atoms with Gasteiger partial charge in [0.1, 0.15) is 0 Å². The largest absolute Gasteiger partial charge is 0.319 e. The minimum absolute atomic E-state index is 0.126. The number of pyridine rings is 1. The van der Waals surface area contributed by atoms with E-state index < -0.39 is 0 Å². The van der Waals surface area contributed by atoms with Crippen molar-refractivity contribution < 1.29 is 4.79 Å². The van der Waals surface area contributed by atoms with Crippen molar-refractivity contribution in [2.75, 3.05) is 5.32 Å². The molecule has 3 heterocycles. The molecule has 2 saturated carbocycles. The van der Waals surface area contributed by atoms with Gasteiger partial charge in [-0.1, -0.05) is 42.5 Å². The van der Waals surface area contributed by atoms with Crippen LogP contribution in [0.4, 0.5) is 5.69 Å². The number of nitrogens with one attached hydrogen (secondary N) is 1.